The number of amides is 2. The smallest absolute Gasteiger partial charge is 0.266 e. The van der Waals surface area contributed by atoms with Gasteiger partial charge < -0.3 is 15.5 Å². The number of nitrogens with one attached hydrogen (secondary N) is 2. The second-order valence-corrected chi connectivity index (χ2v) is 13.1. The molecule has 0 aliphatic carbocycles. The van der Waals surface area contributed by atoms with Crippen LogP contribution in [-0.4, -0.2) is 50.9 Å². The van der Waals surface area contributed by atoms with Crippen molar-refractivity contribution >= 4 is 62.2 Å². The maximum atomic E-state index is 14.1. The molecule has 0 spiro atoms. The fourth-order valence-corrected chi connectivity index (χ4v) is 8.13. The molecular formula is C30H33Cl2N5O4S. The first-order valence-corrected chi connectivity index (χ1v) is 16.2. The number of carbonyl (C=O) groups is 2. The molecule has 0 bridgehead atoms. The highest BCUT2D eigenvalue weighted by molar-refractivity contribution is 7.93. The third-order valence-corrected chi connectivity index (χ3v) is 10.7. The minimum absolute atomic E-state index is 0.0692. The van der Waals surface area contributed by atoms with Crippen LogP contribution in [0.1, 0.15) is 32.6 Å². The minimum atomic E-state index is -4.40. The van der Waals surface area contributed by atoms with Gasteiger partial charge in [-0.15, -0.1) is 0 Å². The summed E-state index contributed by atoms with van der Waals surface area (Å²) in [5, 5.41) is 5.70. The molecule has 5 rings (SSSR count). The molecule has 2 amide bonds. The van der Waals surface area contributed by atoms with Gasteiger partial charge in [0.05, 0.1) is 27.3 Å². The number of benzene rings is 2. The fraction of sp³-hybridized carbons (Fsp3) is 0.367. The summed E-state index contributed by atoms with van der Waals surface area (Å²) in [6.45, 7) is 3.99. The Bertz CT molecular complexity index is 1550. The van der Waals surface area contributed by atoms with Crippen LogP contribution in [0, 0.1) is 11.8 Å². The highest BCUT2D eigenvalue weighted by Crippen LogP contribution is 2.41. The summed E-state index contributed by atoms with van der Waals surface area (Å²) in [7, 11) is -4.40. The Morgan fingerprint density at radius 2 is 1.81 bits per heavy atom. The van der Waals surface area contributed by atoms with Crippen LogP contribution < -0.4 is 19.8 Å². The average molecular weight is 631 g/mol. The Morgan fingerprint density at radius 3 is 2.52 bits per heavy atom. The number of fused-ring (bicyclic) bond motifs is 1. The third kappa shape index (κ3) is 6.07. The molecule has 2 atom stereocenters. The van der Waals surface area contributed by atoms with Crippen molar-refractivity contribution in [3.8, 4) is 0 Å². The first-order chi connectivity index (χ1) is 20.2. The predicted molar refractivity (Wildman–Crippen MR) is 166 cm³/mol. The van der Waals surface area contributed by atoms with E-state index in [9.17, 15) is 18.0 Å². The SMILES string of the molecule is CCC(C(=O)NCCC1CCN(c2ccccn2)CC1)C1C(=O)Nc2ccccc2N1S(=O)(=O)c1cccc(Cl)c1Cl. The van der Waals surface area contributed by atoms with Crippen molar-refractivity contribution in [2.24, 2.45) is 11.8 Å². The quantitative estimate of drug-likeness (QED) is 0.330. The summed E-state index contributed by atoms with van der Waals surface area (Å²) in [6, 6.07) is 15.5. The topological polar surface area (TPSA) is 112 Å². The molecule has 222 valence electrons. The molecule has 2 aliphatic rings. The summed E-state index contributed by atoms with van der Waals surface area (Å²) in [5.41, 5.74) is 0.580. The highest BCUT2D eigenvalue weighted by Gasteiger charge is 2.47. The molecule has 42 heavy (non-hydrogen) atoms. The van der Waals surface area contributed by atoms with Crippen LogP contribution in [0.5, 0.6) is 0 Å². The van der Waals surface area contributed by atoms with E-state index in [4.69, 9.17) is 23.2 Å². The number of rotatable bonds is 9. The molecule has 3 heterocycles. The second kappa shape index (κ2) is 12.9. The molecule has 9 nitrogen and oxygen atoms in total. The summed E-state index contributed by atoms with van der Waals surface area (Å²) in [5.74, 6) is -0.491. The summed E-state index contributed by atoms with van der Waals surface area (Å²) in [4.78, 5) is 33.5. The first-order valence-electron chi connectivity index (χ1n) is 14.0. The van der Waals surface area contributed by atoms with Gasteiger partial charge in [0, 0.05) is 25.8 Å². The maximum absolute atomic E-state index is 14.1. The van der Waals surface area contributed by atoms with E-state index < -0.39 is 27.9 Å². The lowest BCUT2D eigenvalue weighted by atomic mass is 9.91. The van der Waals surface area contributed by atoms with Gasteiger partial charge in [0.25, 0.3) is 10.0 Å². The molecule has 2 unspecified atom stereocenters. The molecule has 3 aromatic rings. The van der Waals surface area contributed by atoms with Crippen molar-refractivity contribution in [3.63, 3.8) is 0 Å². The number of pyridine rings is 1. The van der Waals surface area contributed by atoms with Crippen LogP contribution in [0.3, 0.4) is 0 Å². The molecule has 1 aromatic heterocycles. The van der Waals surface area contributed by atoms with Gasteiger partial charge in [-0.05, 0) is 68.0 Å². The van der Waals surface area contributed by atoms with Crippen LogP contribution in [-0.2, 0) is 19.6 Å². The largest absolute Gasteiger partial charge is 0.357 e. The monoisotopic (exact) mass is 629 g/mol. The van der Waals surface area contributed by atoms with E-state index in [1.807, 2.05) is 18.2 Å². The van der Waals surface area contributed by atoms with Gasteiger partial charge in [0.1, 0.15) is 16.8 Å². The van der Waals surface area contributed by atoms with E-state index in [-0.39, 0.29) is 33.0 Å². The van der Waals surface area contributed by atoms with E-state index in [2.05, 4.69) is 20.5 Å². The van der Waals surface area contributed by atoms with E-state index in [0.29, 0.717) is 18.2 Å². The van der Waals surface area contributed by atoms with Crippen molar-refractivity contribution < 1.29 is 18.0 Å². The second-order valence-electron chi connectivity index (χ2n) is 10.5. The number of carbonyl (C=O) groups excluding carboxylic acids is 2. The molecule has 1 fully saturated rings. The molecule has 0 saturated carbocycles. The van der Waals surface area contributed by atoms with Crippen LogP contribution >= 0.6 is 23.2 Å². The summed E-state index contributed by atoms with van der Waals surface area (Å²) in [6.07, 6.45) is 4.79. The molecule has 12 heteroatoms. The average Bonchev–Trinajstić information content (AvgIpc) is 2.99. The van der Waals surface area contributed by atoms with Crippen LogP contribution in [0.25, 0.3) is 0 Å². The van der Waals surface area contributed by atoms with Gasteiger partial charge in [-0.25, -0.2) is 13.4 Å². The Balaban J connectivity index is 1.32. The molecule has 2 aliphatic heterocycles. The van der Waals surface area contributed by atoms with Gasteiger partial charge in [0.15, 0.2) is 0 Å². The van der Waals surface area contributed by atoms with Gasteiger partial charge in [0.2, 0.25) is 11.8 Å². The zero-order valence-corrected chi connectivity index (χ0v) is 25.5. The van der Waals surface area contributed by atoms with Crippen molar-refractivity contribution in [1.29, 1.82) is 0 Å². The van der Waals surface area contributed by atoms with Crippen LogP contribution in [0.15, 0.2) is 71.8 Å². The molecule has 0 radical (unpaired) electrons. The molecule has 2 aromatic carbocycles. The third-order valence-electron chi connectivity index (χ3n) is 7.97. The first kappa shape index (κ1) is 30.1. The number of para-hydroxylation sites is 2. The Kier molecular flexibility index (Phi) is 9.25. The highest BCUT2D eigenvalue weighted by atomic mass is 35.5. The summed E-state index contributed by atoms with van der Waals surface area (Å²) < 4.78 is 29.3. The van der Waals surface area contributed by atoms with Gasteiger partial charge in [-0.1, -0.05) is 54.4 Å². The lowest BCUT2D eigenvalue weighted by molar-refractivity contribution is -0.129. The fourth-order valence-electron chi connectivity index (χ4n) is 5.72. The number of halogens is 2. The van der Waals surface area contributed by atoms with E-state index in [0.717, 1.165) is 42.5 Å². The zero-order valence-electron chi connectivity index (χ0n) is 23.2. The number of piperidine rings is 1. The summed E-state index contributed by atoms with van der Waals surface area (Å²) >= 11 is 12.5. The molecular weight excluding hydrogens is 597 g/mol. The van der Waals surface area contributed by atoms with Gasteiger partial charge in [-0.2, -0.15) is 0 Å². The number of nitrogens with zero attached hydrogens (tertiary/aromatic N) is 3. The van der Waals surface area contributed by atoms with Gasteiger partial charge in [-0.3, -0.25) is 13.9 Å². The van der Waals surface area contributed by atoms with Crippen molar-refractivity contribution in [2.75, 3.05) is 34.2 Å². The molecule has 2 N–H and O–H groups in total. The lowest BCUT2D eigenvalue weighted by Gasteiger charge is -2.40. The van der Waals surface area contributed by atoms with Crippen molar-refractivity contribution in [3.05, 3.63) is 76.9 Å². The normalized spacial score (nSPS) is 18.3. The van der Waals surface area contributed by atoms with Crippen LogP contribution in [0.4, 0.5) is 17.2 Å². The molecule has 1 saturated heterocycles. The van der Waals surface area contributed by atoms with E-state index >= 15 is 0 Å². The minimum Gasteiger partial charge on any atom is -0.357 e. The lowest BCUT2D eigenvalue weighted by Crippen LogP contribution is -2.57. The van der Waals surface area contributed by atoms with Crippen molar-refractivity contribution in [1.82, 2.24) is 10.3 Å². The number of hydrogen-bond donors (Lipinski definition) is 2. The van der Waals surface area contributed by atoms with E-state index in [1.165, 1.54) is 18.2 Å². The Labute approximate surface area is 256 Å². The number of aromatic nitrogens is 1. The van der Waals surface area contributed by atoms with Crippen LogP contribution in [0.2, 0.25) is 10.0 Å². The number of hydrogen-bond acceptors (Lipinski definition) is 6. The predicted octanol–water partition coefficient (Wildman–Crippen LogP) is 5.35. The van der Waals surface area contributed by atoms with Gasteiger partial charge >= 0.3 is 0 Å². The van der Waals surface area contributed by atoms with Crippen molar-refractivity contribution in [2.45, 2.75) is 43.5 Å². The maximum Gasteiger partial charge on any atom is 0.266 e. The Morgan fingerprint density at radius 1 is 1.07 bits per heavy atom. The van der Waals surface area contributed by atoms with E-state index in [1.54, 1.807) is 37.4 Å². The Hall–Kier alpha value is -3.34. The standard InChI is InChI=1S/C30H33Cl2N5O4S/c1-2-21(29(38)34-17-13-20-14-18-36(19-15-20)26-12-5-6-16-33-26)28-30(39)35-23-9-3-4-10-24(23)37(28)42(40,41)25-11-7-8-22(31)27(25)32/h3-12,16,20-21,28H,2,13-15,17-19H2,1H3,(H,34,38)(H,35,39). The number of anilines is 3. The number of sulfonamides is 1. The zero-order chi connectivity index (χ0) is 29.9.